The van der Waals surface area contributed by atoms with E-state index in [-0.39, 0.29) is 6.04 Å². The first kappa shape index (κ1) is 25.1. The summed E-state index contributed by atoms with van der Waals surface area (Å²) >= 11 is 6.99. The minimum absolute atomic E-state index is 0.143. The molecule has 1 aliphatic heterocycles. The second-order valence-electron chi connectivity index (χ2n) is 9.37. The van der Waals surface area contributed by atoms with Crippen LogP contribution in [0.15, 0.2) is 97.1 Å². The molecule has 0 saturated carbocycles. The lowest BCUT2D eigenvalue weighted by atomic mass is 9.97. The maximum absolute atomic E-state index is 13.4. The van der Waals surface area contributed by atoms with Gasteiger partial charge in [0, 0.05) is 17.6 Å². The number of benzene rings is 4. The molecule has 0 N–H and O–H groups in total. The van der Waals surface area contributed by atoms with Crippen molar-refractivity contribution >= 4 is 17.6 Å². The van der Waals surface area contributed by atoms with Gasteiger partial charge in [-0.2, -0.15) is 0 Å². The first-order valence-electron chi connectivity index (χ1n) is 12.6. The van der Waals surface area contributed by atoms with Crippen LogP contribution in [0.25, 0.3) is 0 Å². The molecule has 0 aromatic heterocycles. The summed E-state index contributed by atoms with van der Waals surface area (Å²) in [7, 11) is 0. The third kappa shape index (κ3) is 5.87. The zero-order valence-electron chi connectivity index (χ0n) is 20.9. The molecule has 0 radical (unpaired) electrons. The van der Waals surface area contributed by atoms with Crippen LogP contribution in [0.1, 0.15) is 51.5 Å². The summed E-state index contributed by atoms with van der Waals surface area (Å²) in [6, 6.07) is 31.6. The molecule has 5 heteroatoms. The Kier molecular flexibility index (Phi) is 7.88. The molecule has 1 atom stereocenters. The number of ether oxygens (including phenoxy) is 2. The summed E-state index contributed by atoms with van der Waals surface area (Å²) in [6.07, 6.45) is 2.09. The number of halogens is 1. The first-order valence-corrected chi connectivity index (χ1v) is 13.0. The standard InChI is InChI=1S/C32H30ClNO3/c1-23-30(32(35)37-26-16-9-4-10-17-26)29(36-22-25-14-7-3-8-15-25)20-27(31(23)33)28-18-11-19-34(28)21-24-12-5-2-6-13-24/h2-10,12-17,20,28H,11,18-19,21-22H2,1H3. The molecule has 1 unspecified atom stereocenters. The Bertz CT molecular complexity index is 1340. The van der Waals surface area contributed by atoms with Gasteiger partial charge in [-0.3, -0.25) is 4.90 Å². The van der Waals surface area contributed by atoms with E-state index in [0.717, 1.165) is 37.1 Å². The van der Waals surface area contributed by atoms with Crippen molar-refractivity contribution in [2.24, 2.45) is 0 Å². The second kappa shape index (κ2) is 11.6. The van der Waals surface area contributed by atoms with Gasteiger partial charge in [-0.15, -0.1) is 0 Å². The van der Waals surface area contributed by atoms with Crippen LogP contribution in [0.3, 0.4) is 0 Å². The normalized spacial score (nSPS) is 15.5. The molecule has 188 valence electrons. The molecule has 37 heavy (non-hydrogen) atoms. The van der Waals surface area contributed by atoms with Crippen molar-refractivity contribution in [2.75, 3.05) is 6.54 Å². The maximum atomic E-state index is 13.4. The van der Waals surface area contributed by atoms with Crippen LogP contribution in [-0.4, -0.2) is 17.4 Å². The van der Waals surface area contributed by atoms with Crippen molar-refractivity contribution in [2.45, 2.75) is 39.0 Å². The maximum Gasteiger partial charge on any atom is 0.347 e. The number of esters is 1. The van der Waals surface area contributed by atoms with E-state index in [0.29, 0.717) is 34.3 Å². The Labute approximate surface area is 223 Å². The molecule has 0 amide bonds. The third-order valence-electron chi connectivity index (χ3n) is 6.84. The highest BCUT2D eigenvalue weighted by Gasteiger charge is 2.31. The Morgan fingerprint density at radius 1 is 0.919 bits per heavy atom. The number of carbonyl (C=O) groups is 1. The zero-order valence-corrected chi connectivity index (χ0v) is 21.7. The van der Waals surface area contributed by atoms with E-state index in [1.54, 1.807) is 12.1 Å². The van der Waals surface area contributed by atoms with Gasteiger partial charge in [-0.05, 0) is 66.8 Å². The Balaban J connectivity index is 1.50. The third-order valence-corrected chi connectivity index (χ3v) is 7.34. The van der Waals surface area contributed by atoms with Crippen LogP contribution < -0.4 is 9.47 Å². The molecular weight excluding hydrogens is 482 g/mol. The lowest BCUT2D eigenvalue weighted by Crippen LogP contribution is -2.24. The van der Waals surface area contributed by atoms with Crippen molar-refractivity contribution in [1.82, 2.24) is 4.90 Å². The van der Waals surface area contributed by atoms with Crippen molar-refractivity contribution in [3.8, 4) is 11.5 Å². The monoisotopic (exact) mass is 511 g/mol. The minimum atomic E-state index is -0.479. The Hall–Kier alpha value is -3.60. The molecule has 0 bridgehead atoms. The molecule has 5 rings (SSSR count). The number of hydrogen-bond acceptors (Lipinski definition) is 4. The Morgan fingerprint density at radius 2 is 1.54 bits per heavy atom. The topological polar surface area (TPSA) is 38.8 Å². The molecule has 1 aliphatic rings. The van der Waals surface area contributed by atoms with Gasteiger partial charge in [-0.25, -0.2) is 4.79 Å². The smallest absolute Gasteiger partial charge is 0.347 e. The van der Waals surface area contributed by atoms with Crippen molar-refractivity contribution in [3.05, 3.63) is 130 Å². The molecule has 1 saturated heterocycles. The van der Waals surface area contributed by atoms with Crippen LogP contribution in [-0.2, 0) is 13.2 Å². The van der Waals surface area contributed by atoms with E-state index in [2.05, 4.69) is 29.2 Å². The summed E-state index contributed by atoms with van der Waals surface area (Å²) in [5, 5.41) is 0.594. The van der Waals surface area contributed by atoms with E-state index in [1.165, 1.54) is 5.56 Å². The first-order chi connectivity index (χ1) is 18.1. The van der Waals surface area contributed by atoms with E-state index in [1.807, 2.05) is 67.6 Å². The van der Waals surface area contributed by atoms with Crippen LogP contribution in [0.5, 0.6) is 11.5 Å². The fourth-order valence-electron chi connectivity index (χ4n) is 4.97. The largest absolute Gasteiger partial charge is 0.488 e. The summed E-state index contributed by atoms with van der Waals surface area (Å²) in [5.74, 6) is 0.493. The van der Waals surface area contributed by atoms with Crippen LogP contribution in [0.4, 0.5) is 0 Å². The summed E-state index contributed by atoms with van der Waals surface area (Å²) in [4.78, 5) is 15.8. The zero-order chi connectivity index (χ0) is 25.6. The van der Waals surface area contributed by atoms with E-state index in [9.17, 15) is 4.79 Å². The number of nitrogens with zero attached hydrogens (tertiary/aromatic N) is 1. The highest BCUT2D eigenvalue weighted by molar-refractivity contribution is 6.32. The summed E-state index contributed by atoms with van der Waals surface area (Å²) in [6.45, 7) is 4.05. The fraction of sp³-hybridized carbons (Fsp3) is 0.219. The average Bonchev–Trinajstić information content (AvgIpc) is 3.38. The summed E-state index contributed by atoms with van der Waals surface area (Å²) in [5.41, 5.74) is 4.32. The van der Waals surface area contributed by atoms with Gasteiger partial charge in [0.05, 0.1) is 0 Å². The Morgan fingerprint density at radius 3 is 2.22 bits per heavy atom. The minimum Gasteiger partial charge on any atom is -0.488 e. The van der Waals surface area contributed by atoms with Gasteiger partial charge in [0.15, 0.2) is 0 Å². The van der Waals surface area contributed by atoms with Gasteiger partial charge in [0.25, 0.3) is 0 Å². The van der Waals surface area contributed by atoms with Gasteiger partial charge in [-0.1, -0.05) is 90.5 Å². The van der Waals surface area contributed by atoms with Crippen LogP contribution in [0, 0.1) is 6.92 Å². The second-order valence-corrected chi connectivity index (χ2v) is 9.75. The number of para-hydroxylation sites is 1. The SMILES string of the molecule is Cc1c(Cl)c(C2CCCN2Cc2ccccc2)cc(OCc2ccccc2)c1C(=O)Oc1ccccc1. The lowest BCUT2D eigenvalue weighted by molar-refractivity contribution is 0.0728. The molecule has 1 fully saturated rings. The van der Waals surface area contributed by atoms with Gasteiger partial charge < -0.3 is 9.47 Å². The molecule has 4 aromatic rings. The van der Waals surface area contributed by atoms with Gasteiger partial charge in [0.2, 0.25) is 0 Å². The lowest BCUT2D eigenvalue weighted by Gasteiger charge is -2.27. The summed E-state index contributed by atoms with van der Waals surface area (Å²) < 4.78 is 12.0. The average molecular weight is 512 g/mol. The number of rotatable bonds is 8. The highest BCUT2D eigenvalue weighted by atomic mass is 35.5. The predicted octanol–water partition coefficient (Wildman–Crippen LogP) is 7.78. The molecule has 0 spiro atoms. The van der Waals surface area contributed by atoms with Crippen molar-refractivity contribution in [1.29, 1.82) is 0 Å². The molecule has 1 heterocycles. The fourth-order valence-corrected chi connectivity index (χ4v) is 5.24. The van der Waals surface area contributed by atoms with Crippen LogP contribution in [0.2, 0.25) is 5.02 Å². The quantitative estimate of drug-likeness (QED) is 0.179. The molecule has 0 aliphatic carbocycles. The number of likely N-dealkylation sites (tertiary alicyclic amines) is 1. The number of hydrogen-bond donors (Lipinski definition) is 0. The van der Waals surface area contributed by atoms with E-state index < -0.39 is 5.97 Å². The van der Waals surface area contributed by atoms with Crippen molar-refractivity contribution < 1.29 is 14.3 Å². The molecule has 4 nitrogen and oxygen atoms in total. The highest BCUT2D eigenvalue weighted by Crippen LogP contribution is 2.42. The van der Waals surface area contributed by atoms with E-state index in [4.69, 9.17) is 21.1 Å². The van der Waals surface area contributed by atoms with Gasteiger partial charge in [0.1, 0.15) is 23.7 Å². The van der Waals surface area contributed by atoms with Gasteiger partial charge >= 0.3 is 5.97 Å². The number of carbonyl (C=O) groups excluding carboxylic acids is 1. The van der Waals surface area contributed by atoms with Crippen molar-refractivity contribution in [3.63, 3.8) is 0 Å². The van der Waals surface area contributed by atoms with E-state index >= 15 is 0 Å². The molecule has 4 aromatic carbocycles. The predicted molar refractivity (Wildman–Crippen MR) is 147 cm³/mol. The molecular formula is C32H30ClNO3. The van der Waals surface area contributed by atoms with Crippen LogP contribution >= 0.6 is 11.6 Å².